The van der Waals surface area contributed by atoms with E-state index in [-0.39, 0.29) is 17.5 Å². The van der Waals surface area contributed by atoms with Crippen LogP contribution < -0.4 is 21.5 Å². The first-order chi connectivity index (χ1) is 12.9. The monoisotopic (exact) mass is 392 g/mol. The van der Waals surface area contributed by atoms with Crippen LogP contribution in [0.2, 0.25) is 0 Å². The minimum absolute atomic E-state index is 0.132. The summed E-state index contributed by atoms with van der Waals surface area (Å²) in [5.41, 5.74) is 12.8. The second-order valence-electron chi connectivity index (χ2n) is 6.08. The summed E-state index contributed by atoms with van der Waals surface area (Å²) in [6, 6.07) is 5.98. The number of rotatable bonds is 10. The Hall–Kier alpha value is -2.56. The van der Waals surface area contributed by atoms with Crippen molar-refractivity contribution < 1.29 is 14.7 Å². The van der Waals surface area contributed by atoms with Gasteiger partial charge >= 0.3 is 5.97 Å². The van der Waals surface area contributed by atoms with Gasteiger partial charge in [0, 0.05) is 30.1 Å². The molecule has 0 saturated carbocycles. The van der Waals surface area contributed by atoms with Gasteiger partial charge in [-0.3, -0.25) is 15.0 Å². The number of nitrogens with two attached hydrogens (primary N) is 2. The Labute approximate surface area is 160 Å². The number of nitrogens with one attached hydrogen (secondary N) is 4. The smallest absolute Gasteiger partial charge is 0.321 e. The van der Waals surface area contributed by atoms with E-state index in [2.05, 4.69) is 15.0 Å². The lowest BCUT2D eigenvalue weighted by atomic mass is 10.1. The fourth-order valence-electron chi connectivity index (χ4n) is 2.57. The standard InChI is InChI=1S/C17H24N6O3S/c18-12(5-3-7-21-17(19)20)16(26)27-23-14(15(24)25)8-10-9-22-13-6-2-1-4-11(10)13/h1-2,4,6,9,12,14,22-23H,3,5,7-8,18H2,(H,24,25)(H4,19,20,21)/t12-,14-/m0/s1. The van der Waals surface area contributed by atoms with Gasteiger partial charge in [-0.15, -0.1) is 0 Å². The number of benzene rings is 1. The molecule has 0 aliphatic heterocycles. The van der Waals surface area contributed by atoms with Crippen LogP contribution in [0.5, 0.6) is 0 Å². The van der Waals surface area contributed by atoms with Crippen LogP contribution in [0.4, 0.5) is 0 Å². The number of aliphatic carboxylic acids is 1. The minimum atomic E-state index is -1.04. The third-order valence-electron chi connectivity index (χ3n) is 4.01. The number of H-pyrrole nitrogens is 1. The maximum absolute atomic E-state index is 12.1. The molecule has 27 heavy (non-hydrogen) atoms. The summed E-state index contributed by atoms with van der Waals surface area (Å²) >= 11 is 0.720. The van der Waals surface area contributed by atoms with E-state index in [1.165, 1.54) is 0 Å². The average molecular weight is 392 g/mol. The number of hydrogen-bond acceptors (Lipinski definition) is 6. The summed E-state index contributed by atoms with van der Waals surface area (Å²) in [6.07, 6.45) is 3.00. The number of hydrogen-bond donors (Lipinski definition) is 7. The lowest BCUT2D eigenvalue weighted by molar-refractivity contribution is -0.138. The molecule has 0 bridgehead atoms. The number of para-hydroxylation sites is 1. The molecule has 0 aliphatic carbocycles. The van der Waals surface area contributed by atoms with Gasteiger partial charge in [0.2, 0.25) is 5.12 Å². The molecule has 0 aliphatic rings. The molecule has 10 heteroatoms. The largest absolute Gasteiger partial charge is 0.480 e. The van der Waals surface area contributed by atoms with E-state index < -0.39 is 18.1 Å². The number of fused-ring (bicyclic) bond motifs is 1. The number of aromatic amines is 1. The molecule has 0 unspecified atom stereocenters. The molecule has 9 nitrogen and oxygen atoms in total. The lowest BCUT2D eigenvalue weighted by Crippen LogP contribution is -2.38. The molecule has 1 aromatic carbocycles. The zero-order valence-corrected chi connectivity index (χ0v) is 15.5. The van der Waals surface area contributed by atoms with Crippen LogP contribution in [-0.4, -0.2) is 45.8 Å². The Morgan fingerprint density at radius 3 is 2.78 bits per heavy atom. The van der Waals surface area contributed by atoms with E-state index >= 15 is 0 Å². The number of aromatic nitrogens is 1. The van der Waals surface area contributed by atoms with Crippen molar-refractivity contribution in [2.24, 2.45) is 11.5 Å². The normalized spacial score (nSPS) is 13.2. The van der Waals surface area contributed by atoms with Crippen molar-refractivity contribution in [3.05, 3.63) is 36.0 Å². The van der Waals surface area contributed by atoms with Gasteiger partial charge in [-0.05, 0) is 36.4 Å². The number of carboxylic acid groups (broad SMARTS) is 1. The van der Waals surface area contributed by atoms with Gasteiger partial charge in [0.25, 0.3) is 0 Å². The number of carboxylic acids is 1. The zero-order chi connectivity index (χ0) is 19.8. The third kappa shape index (κ3) is 6.27. The van der Waals surface area contributed by atoms with Gasteiger partial charge in [0.15, 0.2) is 5.96 Å². The van der Waals surface area contributed by atoms with Gasteiger partial charge in [-0.1, -0.05) is 18.2 Å². The predicted octanol–water partition coefficient (Wildman–Crippen LogP) is 0.519. The van der Waals surface area contributed by atoms with Crippen LogP contribution in [0.25, 0.3) is 10.9 Å². The van der Waals surface area contributed by atoms with E-state index in [9.17, 15) is 14.7 Å². The van der Waals surface area contributed by atoms with Gasteiger partial charge in [-0.2, -0.15) is 0 Å². The van der Waals surface area contributed by atoms with E-state index in [0.717, 1.165) is 28.4 Å². The molecule has 0 spiro atoms. The molecule has 2 aromatic rings. The number of carbonyl (C=O) groups is 2. The van der Waals surface area contributed by atoms with Crippen molar-refractivity contribution in [1.82, 2.24) is 15.0 Å². The van der Waals surface area contributed by atoms with Crippen LogP contribution in [-0.2, 0) is 16.0 Å². The average Bonchev–Trinajstić information content (AvgIpc) is 3.04. The number of guanidine groups is 1. The summed E-state index contributed by atoms with van der Waals surface area (Å²) in [5, 5.41) is 19.8. The summed E-state index contributed by atoms with van der Waals surface area (Å²) in [6.45, 7) is 0.451. The van der Waals surface area contributed by atoms with Crippen molar-refractivity contribution in [1.29, 1.82) is 5.41 Å². The van der Waals surface area contributed by atoms with E-state index in [1.807, 2.05) is 24.3 Å². The molecule has 0 amide bonds. The summed E-state index contributed by atoms with van der Waals surface area (Å²) in [4.78, 5) is 26.8. The molecule has 0 saturated heterocycles. The Bertz CT molecular complexity index is 809. The lowest BCUT2D eigenvalue weighted by Gasteiger charge is -2.15. The Morgan fingerprint density at radius 2 is 2.07 bits per heavy atom. The van der Waals surface area contributed by atoms with Crippen LogP contribution in [0.15, 0.2) is 30.5 Å². The van der Waals surface area contributed by atoms with Gasteiger partial charge < -0.3 is 26.9 Å². The first kappa shape index (κ1) is 20.7. The molecule has 146 valence electrons. The maximum Gasteiger partial charge on any atom is 0.321 e. The Balaban J connectivity index is 1.86. The van der Waals surface area contributed by atoms with Crippen LogP contribution in [0, 0.1) is 5.41 Å². The Morgan fingerprint density at radius 1 is 1.33 bits per heavy atom. The molecule has 9 N–H and O–H groups in total. The quantitative estimate of drug-likeness (QED) is 0.133. The SMILES string of the molecule is N=C(N)NCCC[C@H](N)C(=O)SN[C@@H](Cc1c[nH]c2ccccc12)C(=O)O. The van der Waals surface area contributed by atoms with Gasteiger partial charge in [-0.25, -0.2) is 4.72 Å². The number of carbonyl (C=O) groups excluding carboxylic acids is 1. The van der Waals surface area contributed by atoms with E-state index in [0.29, 0.717) is 19.4 Å². The maximum atomic E-state index is 12.1. The molecule has 2 rings (SSSR count). The molecule has 1 heterocycles. The van der Waals surface area contributed by atoms with Gasteiger partial charge in [0.05, 0.1) is 6.04 Å². The molecule has 0 fully saturated rings. The molecule has 1 aromatic heterocycles. The summed E-state index contributed by atoms with van der Waals surface area (Å²) in [7, 11) is 0. The van der Waals surface area contributed by atoms with Crippen molar-refractivity contribution in [3.63, 3.8) is 0 Å². The summed E-state index contributed by atoms with van der Waals surface area (Å²) < 4.78 is 2.72. The minimum Gasteiger partial charge on any atom is -0.480 e. The van der Waals surface area contributed by atoms with Crippen molar-refractivity contribution in [2.45, 2.75) is 31.3 Å². The highest BCUT2D eigenvalue weighted by molar-refractivity contribution is 8.12. The fraction of sp³-hybridized carbons (Fsp3) is 0.353. The van der Waals surface area contributed by atoms with Crippen molar-refractivity contribution >= 4 is 39.9 Å². The van der Waals surface area contributed by atoms with Crippen molar-refractivity contribution in [2.75, 3.05) is 6.54 Å². The second kappa shape index (κ2) is 9.95. The van der Waals surface area contributed by atoms with Crippen LogP contribution in [0.1, 0.15) is 18.4 Å². The first-order valence-corrected chi connectivity index (χ1v) is 9.27. The first-order valence-electron chi connectivity index (χ1n) is 8.46. The predicted molar refractivity (Wildman–Crippen MR) is 106 cm³/mol. The van der Waals surface area contributed by atoms with Crippen molar-refractivity contribution in [3.8, 4) is 0 Å². The Kier molecular flexibility index (Phi) is 7.65. The van der Waals surface area contributed by atoms with E-state index in [1.54, 1.807) is 6.20 Å². The van der Waals surface area contributed by atoms with E-state index in [4.69, 9.17) is 16.9 Å². The zero-order valence-electron chi connectivity index (χ0n) is 14.7. The highest BCUT2D eigenvalue weighted by atomic mass is 32.2. The third-order valence-corrected chi connectivity index (χ3v) is 4.92. The molecular formula is C17H24N6O3S. The molecular weight excluding hydrogens is 368 g/mol. The second-order valence-corrected chi connectivity index (χ2v) is 6.92. The fourth-order valence-corrected chi connectivity index (χ4v) is 3.28. The highest BCUT2D eigenvalue weighted by Gasteiger charge is 2.22. The van der Waals surface area contributed by atoms with Crippen LogP contribution >= 0.6 is 11.9 Å². The topological polar surface area (TPSA) is 170 Å². The molecule has 2 atom stereocenters. The van der Waals surface area contributed by atoms with Crippen LogP contribution in [0.3, 0.4) is 0 Å². The van der Waals surface area contributed by atoms with Gasteiger partial charge in [0.1, 0.15) is 6.04 Å². The molecule has 0 radical (unpaired) electrons. The highest BCUT2D eigenvalue weighted by Crippen LogP contribution is 2.20. The summed E-state index contributed by atoms with van der Waals surface area (Å²) in [5.74, 6) is -1.17.